The molecule has 0 radical (unpaired) electrons. The summed E-state index contributed by atoms with van der Waals surface area (Å²) in [5.41, 5.74) is 2.23. The second-order valence-electron chi connectivity index (χ2n) is 3.57. The van der Waals surface area contributed by atoms with E-state index in [1.807, 2.05) is 13.0 Å². The zero-order valence-electron chi connectivity index (χ0n) is 9.43. The van der Waals surface area contributed by atoms with Crippen LogP contribution in [0.4, 0.5) is 0 Å². The van der Waals surface area contributed by atoms with Gasteiger partial charge in [0.2, 0.25) is 5.76 Å². The molecule has 17 heavy (non-hydrogen) atoms. The predicted molar refractivity (Wildman–Crippen MR) is 60.2 cm³/mol. The Bertz CT molecular complexity index is 559. The number of aryl methyl sites for hydroxylation is 1. The molecule has 1 heterocycles. The number of hydrogen-bond acceptors (Lipinski definition) is 4. The lowest BCUT2D eigenvalue weighted by Gasteiger charge is -2.04. The first kappa shape index (κ1) is 11.2. The van der Waals surface area contributed by atoms with Crippen molar-refractivity contribution in [3.05, 3.63) is 35.6 Å². The van der Waals surface area contributed by atoms with Gasteiger partial charge in [-0.1, -0.05) is 5.16 Å². The minimum absolute atomic E-state index is 0.173. The molecule has 88 valence electrons. The molecule has 5 nitrogen and oxygen atoms in total. The summed E-state index contributed by atoms with van der Waals surface area (Å²) in [5, 5.41) is 12.4. The minimum Gasteiger partial charge on any atom is -0.496 e. The van der Waals surface area contributed by atoms with Crippen molar-refractivity contribution in [1.29, 1.82) is 0 Å². The molecule has 2 rings (SSSR count). The Hall–Kier alpha value is -2.30. The number of carboxylic acid groups (broad SMARTS) is 1. The highest BCUT2D eigenvalue weighted by molar-refractivity contribution is 5.85. The van der Waals surface area contributed by atoms with Gasteiger partial charge in [-0.3, -0.25) is 0 Å². The van der Waals surface area contributed by atoms with Crippen molar-refractivity contribution < 1.29 is 19.2 Å². The average molecular weight is 233 g/mol. The van der Waals surface area contributed by atoms with Crippen LogP contribution in [0.3, 0.4) is 0 Å². The average Bonchev–Trinajstić information content (AvgIpc) is 2.78. The maximum Gasteiger partial charge on any atom is 0.374 e. The number of nitrogens with zero attached hydrogens (tertiary/aromatic N) is 1. The van der Waals surface area contributed by atoms with Gasteiger partial charge in [-0.15, -0.1) is 0 Å². The Kier molecular flexibility index (Phi) is 2.82. The predicted octanol–water partition coefficient (Wildman–Crippen LogP) is 2.36. The summed E-state index contributed by atoms with van der Waals surface area (Å²) in [7, 11) is 1.60. The van der Waals surface area contributed by atoms with Gasteiger partial charge in [0, 0.05) is 11.6 Å². The van der Waals surface area contributed by atoms with E-state index in [4.69, 9.17) is 14.4 Å². The zero-order valence-corrected chi connectivity index (χ0v) is 9.43. The third-order valence-corrected chi connectivity index (χ3v) is 2.41. The Morgan fingerprint density at radius 2 is 2.18 bits per heavy atom. The number of benzene rings is 1. The number of aromatic nitrogens is 1. The van der Waals surface area contributed by atoms with Crippen molar-refractivity contribution in [1.82, 2.24) is 5.16 Å². The van der Waals surface area contributed by atoms with Gasteiger partial charge < -0.3 is 14.4 Å². The van der Waals surface area contributed by atoms with E-state index >= 15 is 0 Å². The largest absolute Gasteiger partial charge is 0.496 e. The molecule has 0 fully saturated rings. The third-order valence-electron chi connectivity index (χ3n) is 2.41. The molecule has 0 atom stereocenters. The van der Waals surface area contributed by atoms with E-state index in [-0.39, 0.29) is 5.76 Å². The Balaban J connectivity index is 2.39. The van der Waals surface area contributed by atoms with Gasteiger partial charge in [-0.2, -0.15) is 0 Å². The van der Waals surface area contributed by atoms with E-state index in [1.54, 1.807) is 19.2 Å². The van der Waals surface area contributed by atoms with E-state index in [0.29, 0.717) is 5.69 Å². The van der Waals surface area contributed by atoms with Crippen molar-refractivity contribution in [3.8, 4) is 17.0 Å². The molecule has 0 aliphatic rings. The van der Waals surface area contributed by atoms with Crippen LogP contribution in [0.2, 0.25) is 0 Å². The second kappa shape index (κ2) is 4.29. The van der Waals surface area contributed by atoms with Crippen LogP contribution >= 0.6 is 0 Å². The highest BCUT2D eigenvalue weighted by Crippen LogP contribution is 2.25. The molecular formula is C12H11NO4. The Morgan fingerprint density at radius 3 is 2.71 bits per heavy atom. The van der Waals surface area contributed by atoms with E-state index in [0.717, 1.165) is 16.9 Å². The molecule has 0 aliphatic heterocycles. The Labute approximate surface area is 97.6 Å². The van der Waals surface area contributed by atoms with Crippen molar-refractivity contribution in [2.45, 2.75) is 6.92 Å². The number of aromatic carboxylic acids is 1. The zero-order chi connectivity index (χ0) is 12.4. The maximum absolute atomic E-state index is 10.7. The number of methoxy groups -OCH3 is 1. The van der Waals surface area contributed by atoms with E-state index in [1.165, 1.54) is 6.07 Å². The summed E-state index contributed by atoms with van der Waals surface area (Å²) < 4.78 is 9.84. The molecule has 0 saturated carbocycles. The summed E-state index contributed by atoms with van der Waals surface area (Å²) in [4.78, 5) is 10.7. The van der Waals surface area contributed by atoms with Crippen LogP contribution < -0.4 is 4.74 Å². The summed E-state index contributed by atoms with van der Waals surface area (Å²) >= 11 is 0. The number of rotatable bonds is 3. The molecule has 0 spiro atoms. The molecule has 0 aliphatic carbocycles. The molecular weight excluding hydrogens is 222 g/mol. The molecule has 1 N–H and O–H groups in total. The van der Waals surface area contributed by atoms with Crippen LogP contribution in [0.5, 0.6) is 5.75 Å². The molecule has 2 aromatic rings. The highest BCUT2D eigenvalue weighted by atomic mass is 16.5. The molecule has 0 bridgehead atoms. The van der Waals surface area contributed by atoms with Gasteiger partial charge >= 0.3 is 5.97 Å². The summed E-state index contributed by atoms with van der Waals surface area (Å²) in [6.07, 6.45) is 0. The first-order chi connectivity index (χ1) is 8.11. The lowest BCUT2D eigenvalue weighted by molar-refractivity contribution is 0.0652. The Morgan fingerprint density at radius 1 is 1.41 bits per heavy atom. The fourth-order valence-corrected chi connectivity index (χ4v) is 1.55. The monoisotopic (exact) mass is 233 g/mol. The van der Waals surface area contributed by atoms with Gasteiger partial charge in [0.15, 0.2) is 0 Å². The highest BCUT2D eigenvalue weighted by Gasteiger charge is 2.12. The summed E-state index contributed by atoms with van der Waals surface area (Å²) in [6.45, 7) is 1.90. The fourth-order valence-electron chi connectivity index (χ4n) is 1.55. The van der Waals surface area contributed by atoms with Crippen LogP contribution in [-0.2, 0) is 0 Å². The van der Waals surface area contributed by atoms with Gasteiger partial charge in [0.25, 0.3) is 0 Å². The van der Waals surface area contributed by atoms with E-state index in [2.05, 4.69) is 5.16 Å². The molecule has 1 aromatic heterocycles. The van der Waals surface area contributed by atoms with E-state index in [9.17, 15) is 4.79 Å². The summed E-state index contributed by atoms with van der Waals surface area (Å²) in [6, 6.07) is 6.86. The summed E-state index contributed by atoms with van der Waals surface area (Å²) in [5.74, 6) is -0.529. The van der Waals surface area contributed by atoms with Crippen LogP contribution in [-0.4, -0.2) is 23.3 Å². The van der Waals surface area contributed by atoms with Gasteiger partial charge in [0.05, 0.1) is 7.11 Å². The topological polar surface area (TPSA) is 72.6 Å². The first-order valence-corrected chi connectivity index (χ1v) is 4.97. The maximum atomic E-state index is 10.7. The standard InChI is InChI=1S/C12H11NO4/c1-7-5-8(3-4-10(7)16-2)9-6-11(12(14)15)17-13-9/h3-6H,1-2H3,(H,14,15). The van der Waals surface area contributed by atoms with Crippen molar-refractivity contribution in [2.24, 2.45) is 0 Å². The minimum atomic E-state index is -1.13. The number of carboxylic acids is 1. The van der Waals surface area contributed by atoms with Gasteiger partial charge in [0.1, 0.15) is 11.4 Å². The number of carbonyl (C=O) groups is 1. The smallest absolute Gasteiger partial charge is 0.374 e. The SMILES string of the molecule is COc1ccc(-c2cc(C(=O)O)on2)cc1C. The quantitative estimate of drug-likeness (QED) is 0.880. The lowest BCUT2D eigenvalue weighted by Crippen LogP contribution is -1.91. The van der Waals surface area contributed by atoms with Crippen molar-refractivity contribution in [3.63, 3.8) is 0 Å². The van der Waals surface area contributed by atoms with Crippen LogP contribution in [0.15, 0.2) is 28.8 Å². The molecule has 5 heteroatoms. The van der Waals surface area contributed by atoms with Crippen molar-refractivity contribution >= 4 is 5.97 Å². The van der Waals surface area contributed by atoms with Crippen LogP contribution in [0.25, 0.3) is 11.3 Å². The van der Waals surface area contributed by atoms with Crippen LogP contribution in [0, 0.1) is 6.92 Å². The third kappa shape index (κ3) is 2.13. The lowest BCUT2D eigenvalue weighted by atomic mass is 10.1. The fraction of sp³-hybridized carbons (Fsp3) is 0.167. The molecule has 0 unspecified atom stereocenters. The first-order valence-electron chi connectivity index (χ1n) is 4.97. The molecule has 1 aromatic carbocycles. The van der Waals surface area contributed by atoms with Gasteiger partial charge in [-0.25, -0.2) is 4.79 Å². The normalized spacial score (nSPS) is 10.2. The van der Waals surface area contributed by atoms with Gasteiger partial charge in [-0.05, 0) is 30.7 Å². The van der Waals surface area contributed by atoms with Crippen molar-refractivity contribution in [2.75, 3.05) is 7.11 Å². The molecule has 0 amide bonds. The number of ether oxygens (including phenoxy) is 1. The van der Waals surface area contributed by atoms with Crippen LogP contribution in [0.1, 0.15) is 16.1 Å². The second-order valence-corrected chi connectivity index (χ2v) is 3.57. The molecule has 0 saturated heterocycles. The van der Waals surface area contributed by atoms with E-state index < -0.39 is 5.97 Å². The number of hydrogen-bond donors (Lipinski definition) is 1.